The van der Waals surface area contributed by atoms with Crippen LogP contribution in [-0.2, 0) is 6.54 Å². The van der Waals surface area contributed by atoms with Crippen LogP contribution in [0.3, 0.4) is 0 Å². The SMILES string of the molecule is CCOc1cc(C(=O)N(Cc2ccccn2)c2nc3ccc(OC)cc3s2)cc(OCC)c1OCC. The molecule has 36 heavy (non-hydrogen) atoms. The lowest BCUT2D eigenvalue weighted by atomic mass is 10.1. The Morgan fingerprint density at radius 2 is 1.67 bits per heavy atom. The minimum Gasteiger partial charge on any atom is -0.497 e. The molecule has 188 valence electrons. The predicted octanol–water partition coefficient (Wildman–Crippen LogP) is 5.74. The maximum atomic E-state index is 14.0. The van der Waals surface area contributed by atoms with E-state index in [2.05, 4.69) is 4.98 Å². The van der Waals surface area contributed by atoms with Crippen LogP contribution >= 0.6 is 11.3 Å². The highest BCUT2D eigenvalue weighted by Gasteiger charge is 2.26. The minimum atomic E-state index is -0.253. The summed E-state index contributed by atoms with van der Waals surface area (Å²) in [5.74, 6) is 1.88. The smallest absolute Gasteiger partial charge is 0.260 e. The number of carbonyl (C=O) groups excluding carboxylic acids is 1. The Morgan fingerprint density at radius 1 is 0.944 bits per heavy atom. The maximum Gasteiger partial charge on any atom is 0.260 e. The van der Waals surface area contributed by atoms with Crippen molar-refractivity contribution < 1.29 is 23.7 Å². The molecular formula is C27H29N3O5S. The summed E-state index contributed by atoms with van der Waals surface area (Å²) >= 11 is 1.42. The van der Waals surface area contributed by atoms with E-state index < -0.39 is 0 Å². The van der Waals surface area contributed by atoms with Crippen LogP contribution in [0.2, 0.25) is 0 Å². The first-order valence-electron chi connectivity index (χ1n) is 11.8. The average Bonchev–Trinajstić information content (AvgIpc) is 3.32. The predicted molar refractivity (Wildman–Crippen MR) is 141 cm³/mol. The van der Waals surface area contributed by atoms with E-state index in [1.165, 1.54) is 11.3 Å². The van der Waals surface area contributed by atoms with Crippen LogP contribution in [0.5, 0.6) is 23.0 Å². The second-order valence-electron chi connectivity index (χ2n) is 7.64. The molecule has 0 aliphatic carbocycles. The van der Waals surface area contributed by atoms with Crippen LogP contribution in [0.4, 0.5) is 5.13 Å². The Labute approximate surface area is 214 Å². The molecule has 0 aliphatic heterocycles. The van der Waals surface area contributed by atoms with Crippen molar-refractivity contribution in [3.05, 3.63) is 66.0 Å². The number of thiazole rings is 1. The van der Waals surface area contributed by atoms with Gasteiger partial charge in [0.05, 0.1) is 49.4 Å². The van der Waals surface area contributed by atoms with Gasteiger partial charge in [0.2, 0.25) is 5.75 Å². The number of hydrogen-bond acceptors (Lipinski definition) is 8. The first kappa shape index (κ1) is 25.2. The quantitative estimate of drug-likeness (QED) is 0.256. The molecule has 4 rings (SSSR count). The van der Waals surface area contributed by atoms with Gasteiger partial charge in [-0.1, -0.05) is 17.4 Å². The Bertz CT molecular complexity index is 1300. The molecule has 0 radical (unpaired) electrons. The van der Waals surface area contributed by atoms with E-state index in [0.29, 0.717) is 47.8 Å². The molecule has 0 unspecified atom stereocenters. The fourth-order valence-electron chi connectivity index (χ4n) is 3.68. The van der Waals surface area contributed by atoms with E-state index in [1.807, 2.05) is 57.2 Å². The number of anilines is 1. The molecule has 2 aromatic carbocycles. The zero-order chi connectivity index (χ0) is 25.5. The molecule has 8 nitrogen and oxygen atoms in total. The molecular weight excluding hydrogens is 478 g/mol. The Kier molecular flexibility index (Phi) is 8.22. The number of nitrogens with zero attached hydrogens (tertiary/aromatic N) is 3. The third kappa shape index (κ3) is 5.52. The number of methoxy groups -OCH3 is 1. The van der Waals surface area contributed by atoms with Gasteiger partial charge in [-0.15, -0.1) is 0 Å². The van der Waals surface area contributed by atoms with Gasteiger partial charge in [-0.2, -0.15) is 0 Å². The summed E-state index contributed by atoms with van der Waals surface area (Å²) < 4.78 is 23.7. The van der Waals surface area contributed by atoms with E-state index >= 15 is 0 Å². The molecule has 0 atom stereocenters. The number of pyridine rings is 1. The van der Waals surface area contributed by atoms with Gasteiger partial charge in [0.25, 0.3) is 5.91 Å². The lowest BCUT2D eigenvalue weighted by Gasteiger charge is -2.22. The summed E-state index contributed by atoms with van der Waals surface area (Å²) in [6.45, 7) is 7.18. The van der Waals surface area contributed by atoms with Crippen molar-refractivity contribution in [1.82, 2.24) is 9.97 Å². The molecule has 0 spiro atoms. The summed E-state index contributed by atoms with van der Waals surface area (Å²) in [5, 5.41) is 0.554. The van der Waals surface area contributed by atoms with E-state index in [0.717, 1.165) is 21.7 Å². The fourth-order valence-corrected chi connectivity index (χ4v) is 4.67. The summed E-state index contributed by atoms with van der Waals surface area (Å²) in [7, 11) is 1.62. The van der Waals surface area contributed by atoms with Crippen LogP contribution in [0.1, 0.15) is 36.8 Å². The van der Waals surface area contributed by atoms with E-state index in [-0.39, 0.29) is 12.5 Å². The molecule has 2 aromatic heterocycles. The highest BCUT2D eigenvalue weighted by atomic mass is 32.1. The lowest BCUT2D eigenvalue weighted by molar-refractivity contribution is 0.0983. The summed E-state index contributed by atoms with van der Waals surface area (Å²) in [6.07, 6.45) is 1.71. The zero-order valence-corrected chi connectivity index (χ0v) is 21.6. The number of aromatic nitrogens is 2. The van der Waals surface area contributed by atoms with Crippen LogP contribution in [0, 0.1) is 0 Å². The third-order valence-corrected chi connectivity index (χ3v) is 6.30. The standard InChI is InChI=1S/C27H29N3O5S/c1-5-33-22-14-18(15-23(34-6-2)25(22)35-7-3)26(31)30(17-19-10-8-9-13-28-19)27-29-21-12-11-20(32-4)16-24(21)36-27/h8-16H,5-7,17H2,1-4H3. The van der Waals surface area contributed by atoms with Gasteiger partial charge in [-0.05, 0) is 63.2 Å². The number of hydrogen-bond donors (Lipinski definition) is 0. The summed E-state index contributed by atoms with van der Waals surface area (Å²) in [6, 6.07) is 14.7. The Morgan fingerprint density at radius 3 is 2.28 bits per heavy atom. The largest absolute Gasteiger partial charge is 0.497 e. The van der Waals surface area contributed by atoms with Gasteiger partial charge in [0, 0.05) is 11.8 Å². The molecule has 2 heterocycles. The van der Waals surface area contributed by atoms with Crippen LogP contribution < -0.4 is 23.8 Å². The number of benzene rings is 2. The molecule has 9 heteroatoms. The van der Waals surface area contributed by atoms with Crippen molar-refractivity contribution in [1.29, 1.82) is 0 Å². The van der Waals surface area contributed by atoms with E-state index in [4.69, 9.17) is 23.9 Å². The highest BCUT2D eigenvalue weighted by Crippen LogP contribution is 2.40. The monoisotopic (exact) mass is 507 g/mol. The average molecular weight is 508 g/mol. The van der Waals surface area contributed by atoms with Crippen molar-refractivity contribution in [2.75, 3.05) is 31.8 Å². The maximum absolute atomic E-state index is 14.0. The molecule has 1 amide bonds. The van der Waals surface area contributed by atoms with Crippen molar-refractivity contribution in [3.8, 4) is 23.0 Å². The number of rotatable bonds is 11. The number of carbonyl (C=O) groups is 1. The van der Waals surface area contributed by atoms with E-state index in [1.54, 1.807) is 30.3 Å². The van der Waals surface area contributed by atoms with Crippen molar-refractivity contribution >= 4 is 32.6 Å². The first-order valence-corrected chi connectivity index (χ1v) is 12.6. The second kappa shape index (κ2) is 11.7. The van der Waals surface area contributed by atoms with Crippen LogP contribution in [-0.4, -0.2) is 42.8 Å². The Balaban J connectivity index is 1.81. The number of amides is 1. The van der Waals surface area contributed by atoms with Crippen molar-refractivity contribution in [2.45, 2.75) is 27.3 Å². The first-order chi connectivity index (χ1) is 17.6. The van der Waals surface area contributed by atoms with Gasteiger partial charge in [-0.25, -0.2) is 4.98 Å². The number of ether oxygens (including phenoxy) is 4. The van der Waals surface area contributed by atoms with Gasteiger partial charge in [0.15, 0.2) is 16.6 Å². The molecule has 0 N–H and O–H groups in total. The van der Waals surface area contributed by atoms with Crippen molar-refractivity contribution in [2.24, 2.45) is 0 Å². The molecule has 0 fully saturated rings. The van der Waals surface area contributed by atoms with Gasteiger partial charge >= 0.3 is 0 Å². The molecule has 0 aliphatic rings. The Hall–Kier alpha value is -3.85. The fraction of sp³-hybridized carbons (Fsp3) is 0.296. The molecule has 0 bridgehead atoms. The summed E-state index contributed by atoms with van der Waals surface area (Å²) in [4.78, 5) is 24.8. The van der Waals surface area contributed by atoms with Crippen LogP contribution in [0.25, 0.3) is 10.2 Å². The highest BCUT2D eigenvalue weighted by molar-refractivity contribution is 7.22. The van der Waals surface area contributed by atoms with Gasteiger partial charge < -0.3 is 18.9 Å². The zero-order valence-electron chi connectivity index (χ0n) is 20.8. The minimum absolute atomic E-state index is 0.248. The van der Waals surface area contributed by atoms with E-state index in [9.17, 15) is 4.79 Å². The van der Waals surface area contributed by atoms with Gasteiger partial charge in [-0.3, -0.25) is 14.7 Å². The van der Waals surface area contributed by atoms with Crippen molar-refractivity contribution in [3.63, 3.8) is 0 Å². The summed E-state index contributed by atoms with van der Waals surface area (Å²) in [5.41, 5.74) is 1.92. The normalized spacial score (nSPS) is 10.8. The second-order valence-corrected chi connectivity index (χ2v) is 8.65. The number of fused-ring (bicyclic) bond motifs is 1. The van der Waals surface area contributed by atoms with Gasteiger partial charge in [0.1, 0.15) is 5.75 Å². The topological polar surface area (TPSA) is 83.0 Å². The third-order valence-electron chi connectivity index (χ3n) is 5.26. The molecule has 0 saturated carbocycles. The van der Waals surface area contributed by atoms with Crippen LogP contribution in [0.15, 0.2) is 54.7 Å². The molecule has 0 saturated heterocycles. The molecule has 4 aromatic rings. The lowest BCUT2D eigenvalue weighted by Crippen LogP contribution is -2.30.